The molecule has 0 radical (unpaired) electrons. The number of hydrogen-bond donors (Lipinski definition) is 0. The van der Waals surface area contributed by atoms with Crippen molar-refractivity contribution in [2.45, 2.75) is 19.3 Å². The molecule has 8 rings (SSSR count). The van der Waals surface area contributed by atoms with Crippen LogP contribution >= 0.6 is 0 Å². The SMILES string of the molecule is CC1(C)c2ccccc2-c2ccc3c4ccccc4n(-c4ccc5c6ccccc6nn5c4)c3c21. The maximum Gasteiger partial charge on any atom is 0.0933 e. The molecule has 4 aromatic carbocycles. The monoisotopic (exact) mass is 449 g/mol. The van der Waals surface area contributed by atoms with Gasteiger partial charge in [0.05, 0.1) is 34.0 Å². The Balaban J connectivity index is 1.53. The van der Waals surface area contributed by atoms with Gasteiger partial charge in [0.2, 0.25) is 0 Å². The fraction of sp³-hybridized carbons (Fsp3) is 0.0938. The molecule has 3 nitrogen and oxygen atoms in total. The van der Waals surface area contributed by atoms with Crippen molar-refractivity contribution in [3.63, 3.8) is 0 Å². The Hall–Kier alpha value is -4.37. The summed E-state index contributed by atoms with van der Waals surface area (Å²) in [5.74, 6) is 0. The zero-order chi connectivity index (χ0) is 23.3. The van der Waals surface area contributed by atoms with E-state index in [0.717, 1.165) is 16.7 Å². The average Bonchev–Trinajstić information content (AvgIpc) is 3.50. The van der Waals surface area contributed by atoms with Crippen LogP contribution in [0.4, 0.5) is 0 Å². The third-order valence-corrected chi connectivity index (χ3v) is 7.92. The van der Waals surface area contributed by atoms with Gasteiger partial charge in [0.1, 0.15) is 0 Å². The molecule has 0 amide bonds. The van der Waals surface area contributed by atoms with Crippen molar-refractivity contribution in [3.05, 3.63) is 114 Å². The van der Waals surface area contributed by atoms with E-state index in [2.05, 4.69) is 116 Å². The van der Waals surface area contributed by atoms with Crippen molar-refractivity contribution in [3.8, 4) is 16.8 Å². The van der Waals surface area contributed by atoms with Crippen LogP contribution in [0.2, 0.25) is 0 Å². The van der Waals surface area contributed by atoms with Gasteiger partial charge in [-0.25, -0.2) is 4.52 Å². The molecule has 166 valence electrons. The van der Waals surface area contributed by atoms with E-state index in [1.807, 2.05) is 10.6 Å². The molecule has 35 heavy (non-hydrogen) atoms. The van der Waals surface area contributed by atoms with Crippen LogP contribution in [0, 0.1) is 0 Å². The molecule has 0 unspecified atom stereocenters. The Labute approximate surface area is 202 Å². The summed E-state index contributed by atoms with van der Waals surface area (Å²) < 4.78 is 4.48. The first-order chi connectivity index (χ1) is 17.1. The second-order valence-electron chi connectivity index (χ2n) is 10.1. The van der Waals surface area contributed by atoms with Gasteiger partial charge in [-0.15, -0.1) is 0 Å². The van der Waals surface area contributed by atoms with E-state index >= 15 is 0 Å². The van der Waals surface area contributed by atoms with Crippen LogP contribution in [0.15, 0.2) is 103 Å². The number of fused-ring (bicyclic) bond motifs is 10. The predicted octanol–water partition coefficient (Wildman–Crippen LogP) is 7.89. The largest absolute Gasteiger partial charge is 0.307 e. The molecule has 3 heteroatoms. The van der Waals surface area contributed by atoms with Gasteiger partial charge in [0.15, 0.2) is 0 Å². The van der Waals surface area contributed by atoms with E-state index in [-0.39, 0.29) is 5.41 Å². The number of pyridine rings is 1. The van der Waals surface area contributed by atoms with Gasteiger partial charge >= 0.3 is 0 Å². The molecule has 0 aliphatic heterocycles. The summed E-state index contributed by atoms with van der Waals surface area (Å²) in [6.07, 6.45) is 2.18. The first-order valence-electron chi connectivity index (χ1n) is 12.2. The summed E-state index contributed by atoms with van der Waals surface area (Å²) in [5, 5.41) is 8.64. The van der Waals surface area contributed by atoms with Crippen LogP contribution in [0.25, 0.3) is 55.0 Å². The van der Waals surface area contributed by atoms with Gasteiger partial charge in [0, 0.05) is 21.6 Å². The topological polar surface area (TPSA) is 22.2 Å². The maximum atomic E-state index is 4.88. The molecular formula is C32H23N3. The van der Waals surface area contributed by atoms with Crippen molar-refractivity contribution in [2.24, 2.45) is 0 Å². The summed E-state index contributed by atoms with van der Waals surface area (Å²) >= 11 is 0. The lowest BCUT2D eigenvalue weighted by molar-refractivity contribution is 0.664. The third kappa shape index (κ3) is 2.33. The van der Waals surface area contributed by atoms with Gasteiger partial charge in [-0.1, -0.05) is 86.6 Å². The lowest BCUT2D eigenvalue weighted by Crippen LogP contribution is -2.16. The molecule has 1 aliphatic carbocycles. The van der Waals surface area contributed by atoms with Crippen LogP contribution < -0.4 is 0 Å². The highest BCUT2D eigenvalue weighted by Gasteiger charge is 2.38. The molecule has 1 aliphatic rings. The average molecular weight is 450 g/mol. The molecule has 0 saturated carbocycles. The van der Waals surface area contributed by atoms with Crippen molar-refractivity contribution >= 4 is 38.2 Å². The third-order valence-electron chi connectivity index (χ3n) is 7.92. The van der Waals surface area contributed by atoms with E-state index < -0.39 is 0 Å². The quantitative estimate of drug-likeness (QED) is 0.250. The first-order valence-corrected chi connectivity index (χ1v) is 12.2. The molecule has 0 spiro atoms. The van der Waals surface area contributed by atoms with E-state index in [1.54, 1.807) is 0 Å². The van der Waals surface area contributed by atoms with Gasteiger partial charge in [-0.2, -0.15) is 5.10 Å². The van der Waals surface area contributed by atoms with Crippen molar-refractivity contribution in [2.75, 3.05) is 0 Å². The van der Waals surface area contributed by atoms with Crippen LogP contribution in [-0.2, 0) is 5.41 Å². The molecular weight excluding hydrogens is 426 g/mol. The Kier molecular flexibility index (Phi) is 3.47. The Morgan fingerprint density at radius 2 is 1.40 bits per heavy atom. The Morgan fingerprint density at radius 1 is 0.629 bits per heavy atom. The number of hydrogen-bond acceptors (Lipinski definition) is 1. The Morgan fingerprint density at radius 3 is 2.31 bits per heavy atom. The highest BCUT2D eigenvalue weighted by atomic mass is 15.2. The molecule has 0 N–H and O–H groups in total. The highest BCUT2D eigenvalue weighted by Crippen LogP contribution is 2.52. The van der Waals surface area contributed by atoms with Gasteiger partial charge in [0.25, 0.3) is 0 Å². The van der Waals surface area contributed by atoms with Crippen LogP contribution in [0.3, 0.4) is 0 Å². The minimum Gasteiger partial charge on any atom is -0.307 e. The number of nitrogens with zero attached hydrogens (tertiary/aromatic N) is 3. The van der Waals surface area contributed by atoms with Crippen LogP contribution in [-0.4, -0.2) is 14.2 Å². The lowest BCUT2D eigenvalue weighted by Gasteiger charge is -2.23. The van der Waals surface area contributed by atoms with E-state index in [4.69, 9.17) is 5.10 Å². The van der Waals surface area contributed by atoms with Crippen LogP contribution in [0.1, 0.15) is 25.0 Å². The van der Waals surface area contributed by atoms with Crippen LogP contribution in [0.5, 0.6) is 0 Å². The number of rotatable bonds is 1. The van der Waals surface area contributed by atoms with Gasteiger partial charge in [-0.05, 0) is 46.5 Å². The summed E-state index contributed by atoms with van der Waals surface area (Å²) in [6, 6.07) is 35.1. The fourth-order valence-corrected chi connectivity index (χ4v) is 6.38. The minimum atomic E-state index is -0.0952. The zero-order valence-electron chi connectivity index (χ0n) is 19.7. The number of aromatic nitrogens is 3. The van der Waals surface area contributed by atoms with E-state index in [1.165, 1.54) is 49.4 Å². The summed E-state index contributed by atoms with van der Waals surface area (Å²) in [5.41, 5.74) is 11.2. The van der Waals surface area contributed by atoms with E-state index in [9.17, 15) is 0 Å². The molecule has 0 fully saturated rings. The summed E-state index contributed by atoms with van der Waals surface area (Å²) in [6.45, 7) is 4.73. The normalized spacial score (nSPS) is 14.2. The summed E-state index contributed by atoms with van der Waals surface area (Å²) in [7, 11) is 0. The number of benzene rings is 4. The molecule has 7 aromatic rings. The zero-order valence-corrected chi connectivity index (χ0v) is 19.7. The molecule has 0 bridgehead atoms. The fourth-order valence-electron chi connectivity index (χ4n) is 6.38. The standard InChI is InChI=1S/C32H23N3/c1-32(2)26-12-6-3-9-21(26)23-16-17-24-22-10-5-8-14-29(22)35(31(24)30(23)32)20-15-18-28-25-11-4-7-13-27(25)33-34(28)19-20/h3-19H,1-2H3. The van der Waals surface area contributed by atoms with Crippen molar-refractivity contribution < 1.29 is 0 Å². The highest BCUT2D eigenvalue weighted by molar-refractivity contribution is 6.13. The Bertz CT molecular complexity index is 1980. The van der Waals surface area contributed by atoms with Crippen molar-refractivity contribution in [1.82, 2.24) is 14.2 Å². The number of para-hydroxylation sites is 1. The maximum absolute atomic E-state index is 4.88. The lowest BCUT2D eigenvalue weighted by atomic mass is 9.81. The predicted molar refractivity (Wildman–Crippen MR) is 145 cm³/mol. The van der Waals surface area contributed by atoms with Gasteiger partial charge < -0.3 is 4.57 Å². The van der Waals surface area contributed by atoms with E-state index in [0.29, 0.717) is 0 Å². The molecule has 0 atom stereocenters. The second kappa shape index (κ2) is 6.39. The molecule has 3 heterocycles. The summed E-state index contributed by atoms with van der Waals surface area (Å²) in [4.78, 5) is 0. The first kappa shape index (κ1) is 19.0. The molecule has 0 saturated heterocycles. The smallest absolute Gasteiger partial charge is 0.0933 e. The second-order valence-corrected chi connectivity index (χ2v) is 10.1. The molecule has 3 aromatic heterocycles. The van der Waals surface area contributed by atoms with Crippen molar-refractivity contribution in [1.29, 1.82) is 0 Å². The van der Waals surface area contributed by atoms with Gasteiger partial charge in [-0.3, -0.25) is 0 Å². The minimum absolute atomic E-state index is 0.0952.